The molecule has 21 heavy (non-hydrogen) atoms. The third-order valence-corrected chi connectivity index (χ3v) is 3.91. The van der Waals surface area contributed by atoms with Crippen molar-refractivity contribution < 1.29 is 4.39 Å². The van der Waals surface area contributed by atoms with E-state index in [4.69, 9.17) is 0 Å². The topological polar surface area (TPSA) is 15.3 Å². The second kappa shape index (κ2) is 10.2. The largest absolute Gasteiger partial charge is 0.314 e. The van der Waals surface area contributed by atoms with E-state index >= 15 is 0 Å². The third-order valence-electron chi connectivity index (χ3n) is 3.91. The number of benzene rings is 1. The fourth-order valence-electron chi connectivity index (χ4n) is 2.79. The van der Waals surface area contributed by atoms with Crippen LogP contribution in [0.25, 0.3) is 0 Å². The van der Waals surface area contributed by atoms with Crippen molar-refractivity contribution in [1.29, 1.82) is 0 Å². The molecule has 1 saturated heterocycles. The van der Waals surface area contributed by atoms with Crippen LogP contribution in [0.1, 0.15) is 30.0 Å². The second-order valence-electron chi connectivity index (χ2n) is 5.12. The van der Waals surface area contributed by atoms with Crippen molar-refractivity contribution in [2.75, 3.05) is 26.2 Å². The Morgan fingerprint density at radius 3 is 2.62 bits per heavy atom. The predicted molar refractivity (Wildman–Crippen MR) is 92.2 cm³/mol. The Balaban J connectivity index is 0.00000200. The first kappa shape index (κ1) is 20.4. The van der Waals surface area contributed by atoms with Crippen molar-refractivity contribution in [3.63, 3.8) is 0 Å². The molecule has 0 spiro atoms. The third kappa shape index (κ3) is 5.26. The summed E-state index contributed by atoms with van der Waals surface area (Å²) in [6.45, 7) is 9.77. The summed E-state index contributed by atoms with van der Waals surface area (Å²) in [6.07, 6.45) is 3.92. The smallest absolute Gasteiger partial charge is 0.126 e. The zero-order chi connectivity index (χ0) is 13.7. The average Bonchev–Trinajstić information content (AvgIpc) is 2.45. The highest BCUT2D eigenvalue weighted by molar-refractivity contribution is 5.85. The minimum Gasteiger partial charge on any atom is -0.314 e. The quantitative estimate of drug-likeness (QED) is 0.822. The standard InChI is InChI=1S/C16H23FN2.2ClH/c1-3-4-8-16(19-11-9-18-10-12-19)14-6-5-7-15(17)13(14)2;;/h3,5-7,16,18H,1,4,8-12H2,2H3;2*1H/t16-;;/m1../s1. The highest BCUT2D eigenvalue weighted by Crippen LogP contribution is 2.29. The zero-order valence-corrected chi connectivity index (χ0v) is 14.1. The van der Waals surface area contributed by atoms with Crippen molar-refractivity contribution in [1.82, 2.24) is 10.2 Å². The molecule has 0 aliphatic carbocycles. The maximum Gasteiger partial charge on any atom is 0.126 e. The van der Waals surface area contributed by atoms with Crippen LogP contribution in [-0.4, -0.2) is 31.1 Å². The minimum absolute atomic E-state index is 0. The Morgan fingerprint density at radius 2 is 2.00 bits per heavy atom. The van der Waals surface area contributed by atoms with Gasteiger partial charge >= 0.3 is 0 Å². The van der Waals surface area contributed by atoms with Crippen molar-refractivity contribution in [3.05, 3.63) is 47.8 Å². The number of hydrogen-bond acceptors (Lipinski definition) is 2. The van der Waals surface area contributed by atoms with Gasteiger partial charge in [0.2, 0.25) is 0 Å². The van der Waals surface area contributed by atoms with Gasteiger partial charge in [-0.3, -0.25) is 4.90 Å². The number of hydrogen-bond donors (Lipinski definition) is 1. The van der Waals surface area contributed by atoms with Gasteiger partial charge in [-0.05, 0) is 37.0 Å². The van der Waals surface area contributed by atoms with Crippen LogP contribution in [-0.2, 0) is 0 Å². The molecule has 1 aliphatic heterocycles. The molecule has 2 rings (SSSR count). The van der Waals surface area contributed by atoms with Crippen molar-refractivity contribution >= 4 is 24.8 Å². The van der Waals surface area contributed by atoms with E-state index in [2.05, 4.69) is 22.9 Å². The van der Waals surface area contributed by atoms with E-state index in [1.54, 1.807) is 6.07 Å². The molecule has 0 bridgehead atoms. The first-order valence-corrected chi connectivity index (χ1v) is 7.04. The lowest BCUT2D eigenvalue weighted by molar-refractivity contribution is 0.165. The van der Waals surface area contributed by atoms with Crippen LogP contribution in [0.15, 0.2) is 30.9 Å². The minimum atomic E-state index is -0.101. The van der Waals surface area contributed by atoms with E-state index in [9.17, 15) is 4.39 Å². The SMILES string of the molecule is C=CCC[C@H](c1cccc(F)c1C)N1CCNCC1.Cl.Cl. The van der Waals surface area contributed by atoms with Crippen molar-refractivity contribution in [3.8, 4) is 0 Å². The molecule has 1 aromatic rings. The van der Waals surface area contributed by atoms with E-state index in [1.807, 2.05) is 19.1 Å². The molecule has 5 heteroatoms. The van der Waals surface area contributed by atoms with Gasteiger partial charge in [0, 0.05) is 32.2 Å². The number of allylic oxidation sites excluding steroid dienone is 1. The van der Waals surface area contributed by atoms with E-state index in [1.165, 1.54) is 0 Å². The molecule has 1 heterocycles. The molecule has 0 radical (unpaired) electrons. The van der Waals surface area contributed by atoms with Gasteiger partial charge in [-0.25, -0.2) is 4.39 Å². The van der Waals surface area contributed by atoms with Gasteiger partial charge < -0.3 is 5.32 Å². The van der Waals surface area contributed by atoms with Gasteiger partial charge in [-0.2, -0.15) is 0 Å². The molecule has 1 aromatic carbocycles. The van der Waals surface area contributed by atoms with Crippen LogP contribution in [0, 0.1) is 12.7 Å². The molecule has 1 fully saturated rings. The van der Waals surface area contributed by atoms with Gasteiger partial charge in [0.05, 0.1) is 0 Å². The van der Waals surface area contributed by atoms with Crippen LogP contribution in [0.3, 0.4) is 0 Å². The van der Waals surface area contributed by atoms with E-state index in [0.717, 1.165) is 50.1 Å². The summed E-state index contributed by atoms with van der Waals surface area (Å²) in [5.41, 5.74) is 1.92. The van der Waals surface area contributed by atoms with E-state index in [0.29, 0.717) is 6.04 Å². The zero-order valence-electron chi connectivity index (χ0n) is 12.5. The number of rotatable bonds is 5. The summed E-state index contributed by atoms with van der Waals surface area (Å²) in [7, 11) is 0. The van der Waals surface area contributed by atoms with Crippen LogP contribution in [0.5, 0.6) is 0 Å². The van der Waals surface area contributed by atoms with Crippen LogP contribution in [0.4, 0.5) is 4.39 Å². The highest BCUT2D eigenvalue weighted by Gasteiger charge is 2.23. The van der Waals surface area contributed by atoms with Crippen molar-refractivity contribution in [2.24, 2.45) is 0 Å². The molecule has 2 nitrogen and oxygen atoms in total. The predicted octanol–water partition coefficient (Wildman–Crippen LogP) is 3.89. The summed E-state index contributed by atoms with van der Waals surface area (Å²) in [4.78, 5) is 2.46. The summed E-state index contributed by atoms with van der Waals surface area (Å²) in [5.74, 6) is -0.101. The molecule has 1 atom stereocenters. The molecule has 120 valence electrons. The summed E-state index contributed by atoms with van der Waals surface area (Å²) < 4.78 is 13.8. The Bertz CT molecular complexity index is 434. The fourth-order valence-corrected chi connectivity index (χ4v) is 2.79. The first-order valence-electron chi connectivity index (χ1n) is 7.04. The molecule has 0 amide bonds. The molecule has 0 saturated carbocycles. The fraction of sp³-hybridized carbons (Fsp3) is 0.500. The Hall–Kier alpha value is -0.610. The van der Waals surface area contributed by atoms with Crippen LogP contribution < -0.4 is 5.32 Å². The maximum atomic E-state index is 13.8. The lowest BCUT2D eigenvalue weighted by Crippen LogP contribution is -2.45. The molecule has 1 aliphatic rings. The lowest BCUT2D eigenvalue weighted by atomic mass is 9.95. The normalized spacial score (nSPS) is 16.5. The van der Waals surface area contributed by atoms with Gasteiger partial charge in [0.15, 0.2) is 0 Å². The highest BCUT2D eigenvalue weighted by atomic mass is 35.5. The summed E-state index contributed by atoms with van der Waals surface area (Å²) >= 11 is 0. The molecular weight excluding hydrogens is 310 g/mol. The summed E-state index contributed by atoms with van der Waals surface area (Å²) in [5, 5.41) is 3.37. The van der Waals surface area contributed by atoms with Gasteiger partial charge in [0.1, 0.15) is 5.82 Å². The Kier molecular flexibility index (Phi) is 9.88. The molecular formula is C16H25Cl2FN2. The number of nitrogens with zero attached hydrogens (tertiary/aromatic N) is 1. The van der Waals surface area contributed by atoms with E-state index in [-0.39, 0.29) is 30.6 Å². The molecule has 0 unspecified atom stereocenters. The maximum absolute atomic E-state index is 13.8. The van der Waals surface area contributed by atoms with Gasteiger partial charge in [-0.1, -0.05) is 18.2 Å². The molecule has 0 aromatic heterocycles. The van der Waals surface area contributed by atoms with Gasteiger partial charge in [-0.15, -0.1) is 31.4 Å². The number of piperazine rings is 1. The average molecular weight is 335 g/mol. The monoisotopic (exact) mass is 334 g/mol. The van der Waals surface area contributed by atoms with Crippen LogP contribution >= 0.6 is 24.8 Å². The Morgan fingerprint density at radius 1 is 1.33 bits per heavy atom. The summed E-state index contributed by atoms with van der Waals surface area (Å²) in [6, 6.07) is 5.73. The number of nitrogens with one attached hydrogen (secondary N) is 1. The second-order valence-corrected chi connectivity index (χ2v) is 5.12. The lowest BCUT2D eigenvalue weighted by Gasteiger charge is -2.36. The van der Waals surface area contributed by atoms with Crippen molar-refractivity contribution in [2.45, 2.75) is 25.8 Å². The Labute approximate surface area is 139 Å². The first-order chi connectivity index (χ1) is 9.24. The van der Waals surface area contributed by atoms with Crippen LogP contribution in [0.2, 0.25) is 0 Å². The number of halogens is 3. The van der Waals surface area contributed by atoms with E-state index < -0.39 is 0 Å². The molecule has 1 N–H and O–H groups in total. The van der Waals surface area contributed by atoms with Gasteiger partial charge in [0.25, 0.3) is 0 Å².